The van der Waals surface area contributed by atoms with Gasteiger partial charge in [0.2, 0.25) is 0 Å². The SMILES string of the molecule is C1=Nc2c(ccc3nncn23)OCc2coc3cccc1c23. The van der Waals surface area contributed by atoms with E-state index in [1.165, 1.54) is 0 Å². The van der Waals surface area contributed by atoms with Crippen LogP contribution < -0.4 is 4.74 Å². The molecule has 0 fully saturated rings. The van der Waals surface area contributed by atoms with Crippen molar-refractivity contribution >= 4 is 28.6 Å². The predicted octanol–water partition coefficient (Wildman–Crippen LogP) is 3.12. The first-order chi connectivity index (χ1) is 10.9. The molecule has 0 amide bonds. The van der Waals surface area contributed by atoms with Gasteiger partial charge in [0.1, 0.15) is 18.5 Å². The number of benzene rings is 1. The summed E-state index contributed by atoms with van der Waals surface area (Å²) in [6, 6.07) is 9.64. The van der Waals surface area contributed by atoms with Gasteiger partial charge in [0.25, 0.3) is 0 Å². The Hall–Kier alpha value is -3.15. The molecule has 0 saturated heterocycles. The Morgan fingerprint density at radius 2 is 2.14 bits per heavy atom. The van der Waals surface area contributed by atoms with Crippen molar-refractivity contribution in [2.45, 2.75) is 6.61 Å². The minimum Gasteiger partial charge on any atom is -0.485 e. The molecule has 1 aromatic carbocycles. The summed E-state index contributed by atoms with van der Waals surface area (Å²) in [4.78, 5) is 4.60. The van der Waals surface area contributed by atoms with Crippen molar-refractivity contribution in [3.63, 3.8) is 0 Å². The molecule has 0 saturated carbocycles. The van der Waals surface area contributed by atoms with E-state index in [9.17, 15) is 0 Å². The topological polar surface area (TPSA) is 64.9 Å². The predicted molar refractivity (Wildman–Crippen MR) is 80.8 cm³/mol. The van der Waals surface area contributed by atoms with Crippen LogP contribution in [0.1, 0.15) is 11.1 Å². The molecular formula is C16H10N4O2. The second-order valence-corrected chi connectivity index (χ2v) is 5.11. The summed E-state index contributed by atoms with van der Waals surface area (Å²) in [6.07, 6.45) is 5.20. The third kappa shape index (κ3) is 1.52. The van der Waals surface area contributed by atoms with Gasteiger partial charge in [0, 0.05) is 22.7 Å². The summed E-state index contributed by atoms with van der Waals surface area (Å²) < 4.78 is 13.3. The number of pyridine rings is 1. The molecule has 106 valence electrons. The van der Waals surface area contributed by atoms with Gasteiger partial charge in [-0.1, -0.05) is 12.1 Å². The highest BCUT2D eigenvalue weighted by Crippen LogP contribution is 2.32. The molecule has 6 heteroatoms. The molecule has 4 heterocycles. The molecule has 5 rings (SSSR count). The average Bonchev–Trinajstić information content (AvgIpc) is 3.18. The number of ether oxygens (including phenoxy) is 1. The fourth-order valence-electron chi connectivity index (χ4n) is 2.79. The van der Waals surface area contributed by atoms with E-state index in [-0.39, 0.29) is 0 Å². The molecule has 0 bridgehead atoms. The fraction of sp³-hybridized carbons (Fsp3) is 0.0625. The van der Waals surface area contributed by atoms with E-state index in [1.807, 2.05) is 40.9 Å². The zero-order valence-electron chi connectivity index (χ0n) is 11.4. The third-order valence-electron chi connectivity index (χ3n) is 3.82. The largest absolute Gasteiger partial charge is 0.485 e. The van der Waals surface area contributed by atoms with Crippen molar-refractivity contribution in [3.8, 4) is 5.75 Å². The fourth-order valence-corrected chi connectivity index (χ4v) is 2.79. The molecule has 1 aliphatic heterocycles. The molecule has 0 atom stereocenters. The maximum absolute atomic E-state index is 5.94. The summed E-state index contributed by atoms with van der Waals surface area (Å²) in [5.41, 5.74) is 3.58. The van der Waals surface area contributed by atoms with Crippen LogP contribution in [0, 0.1) is 0 Å². The molecule has 6 nitrogen and oxygen atoms in total. The number of furan rings is 1. The summed E-state index contributed by atoms with van der Waals surface area (Å²) in [5, 5.41) is 9.01. The number of fused-ring (bicyclic) bond motifs is 3. The molecular weight excluding hydrogens is 280 g/mol. The molecule has 3 aromatic heterocycles. The van der Waals surface area contributed by atoms with E-state index in [4.69, 9.17) is 9.15 Å². The van der Waals surface area contributed by atoms with Crippen LogP contribution in [0.4, 0.5) is 5.82 Å². The third-order valence-corrected chi connectivity index (χ3v) is 3.82. The Bertz CT molecular complexity index is 1040. The first kappa shape index (κ1) is 11.5. The van der Waals surface area contributed by atoms with Crippen LogP contribution in [0.25, 0.3) is 16.6 Å². The lowest BCUT2D eigenvalue weighted by atomic mass is 10.1. The van der Waals surface area contributed by atoms with Gasteiger partial charge in [0.05, 0.1) is 6.26 Å². The quantitative estimate of drug-likeness (QED) is 0.499. The highest BCUT2D eigenvalue weighted by atomic mass is 16.5. The van der Waals surface area contributed by atoms with Gasteiger partial charge < -0.3 is 9.15 Å². The molecule has 0 unspecified atom stereocenters. The number of hydrogen-bond acceptors (Lipinski definition) is 5. The normalized spacial score (nSPS) is 13.5. The van der Waals surface area contributed by atoms with Crippen molar-refractivity contribution in [2.75, 3.05) is 0 Å². The minimum absolute atomic E-state index is 0.425. The monoisotopic (exact) mass is 290 g/mol. The van der Waals surface area contributed by atoms with Crippen molar-refractivity contribution < 1.29 is 9.15 Å². The van der Waals surface area contributed by atoms with Crippen molar-refractivity contribution in [1.29, 1.82) is 0 Å². The van der Waals surface area contributed by atoms with Gasteiger partial charge in [-0.05, 0) is 18.2 Å². The van der Waals surface area contributed by atoms with E-state index in [0.717, 1.165) is 27.7 Å². The number of nitrogens with zero attached hydrogens (tertiary/aromatic N) is 4. The lowest BCUT2D eigenvalue weighted by Gasteiger charge is -2.08. The van der Waals surface area contributed by atoms with E-state index < -0.39 is 0 Å². The molecule has 0 spiro atoms. The van der Waals surface area contributed by atoms with Crippen LogP contribution in [-0.2, 0) is 6.61 Å². The molecule has 0 aliphatic carbocycles. The van der Waals surface area contributed by atoms with Gasteiger partial charge in [0.15, 0.2) is 17.2 Å². The van der Waals surface area contributed by atoms with Crippen LogP contribution >= 0.6 is 0 Å². The maximum atomic E-state index is 5.94. The maximum Gasteiger partial charge on any atom is 0.182 e. The Kier molecular flexibility index (Phi) is 2.18. The standard InChI is InChI=1S/C16H10N4O2/c1-2-10-6-17-16-13(4-5-14-19-18-9-20(14)16)22-8-11-7-21-12(3-1)15(10)11/h1-7,9H,8H2. The number of aromatic nitrogens is 3. The van der Waals surface area contributed by atoms with E-state index in [2.05, 4.69) is 15.2 Å². The van der Waals surface area contributed by atoms with Gasteiger partial charge in [-0.3, -0.25) is 4.40 Å². The van der Waals surface area contributed by atoms with Crippen molar-refractivity contribution in [1.82, 2.24) is 14.6 Å². The highest BCUT2D eigenvalue weighted by molar-refractivity contribution is 6.00. The van der Waals surface area contributed by atoms with Gasteiger partial charge in [-0.15, -0.1) is 10.2 Å². The molecule has 0 radical (unpaired) electrons. The zero-order chi connectivity index (χ0) is 14.5. The Labute approximate surface area is 124 Å². The summed E-state index contributed by atoms with van der Waals surface area (Å²) >= 11 is 0. The smallest absolute Gasteiger partial charge is 0.182 e. The minimum atomic E-state index is 0.425. The molecule has 1 aliphatic rings. The number of rotatable bonds is 0. The van der Waals surface area contributed by atoms with E-state index >= 15 is 0 Å². The van der Waals surface area contributed by atoms with Gasteiger partial charge in [-0.2, -0.15) is 0 Å². The lowest BCUT2D eigenvalue weighted by molar-refractivity contribution is 0.306. The Balaban J connectivity index is 1.81. The van der Waals surface area contributed by atoms with Crippen molar-refractivity contribution in [3.05, 3.63) is 54.0 Å². The summed E-state index contributed by atoms with van der Waals surface area (Å²) in [5.74, 6) is 1.37. The van der Waals surface area contributed by atoms with Gasteiger partial charge >= 0.3 is 0 Å². The lowest BCUT2D eigenvalue weighted by Crippen LogP contribution is -1.96. The molecule has 22 heavy (non-hydrogen) atoms. The van der Waals surface area contributed by atoms with Crippen molar-refractivity contribution in [2.24, 2.45) is 4.99 Å². The van der Waals surface area contributed by atoms with E-state index in [0.29, 0.717) is 18.2 Å². The van der Waals surface area contributed by atoms with E-state index in [1.54, 1.807) is 12.6 Å². The van der Waals surface area contributed by atoms with Crippen LogP contribution in [0.15, 0.2) is 52.3 Å². The second-order valence-electron chi connectivity index (χ2n) is 5.11. The first-order valence-corrected chi connectivity index (χ1v) is 6.89. The van der Waals surface area contributed by atoms with Gasteiger partial charge in [-0.25, -0.2) is 4.99 Å². The highest BCUT2D eigenvalue weighted by Gasteiger charge is 2.15. The summed E-state index contributed by atoms with van der Waals surface area (Å²) in [7, 11) is 0. The average molecular weight is 290 g/mol. The number of hydrogen-bond donors (Lipinski definition) is 0. The second kappa shape index (κ2) is 4.17. The summed E-state index contributed by atoms with van der Waals surface area (Å²) in [6.45, 7) is 0.425. The van der Waals surface area contributed by atoms with Crippen LogP contribution in [0.5, 0.6) is 5.75 Å². The molecule has 4 aromatic rings. The molecule has 0 N–H and O–H groups in total. The first-order valence-electron chi connectivity index (χ1n) is 6.89. The Morgan fingerprint density at radius 1 is 1.14 bits per heavy atom. The van der Waals surface area contributed by atoms with Crippen LogP contribution in [0.3, 0.4) is 0 Å². The van der Waals surface area contributed by atoms with Crippen LogP contribution in [0.2, 0.25) is 0 Å². The zero-order valence-corrected chi connectivity index (χ0v) is 11.4. The van der Waals surface area contributed by atoms with Crippen LogP contribution in [-0.4, -0.2) is 20.8 Å². The Morgan fingerprint density at radius 3 is 3.14 bits per heavy atom. The number of aliphatic imine (C=N–C) groups is 1.